The van der Waals surface area contributed by atoms with Gasteiger partial charge >= 0.3 is 0 Å². The summed E-state index contributed by atoms with van der Waals surface area (Å²) in [4.78, 5) is 8.24. The van der Waals surface area contributed by atoms with Gasteiger partial charge in [0.25, 0.3) is 0 Å². The second kappa shape index (κ2) is 6.14. The smallest absolute Gasteiger partial charge is 0.229 e. The van der Waals surface area contributed by atoms with Gasteiger partial charge in [0.15, 0.2) is 5.11 Å². The quantitative estimate of drug-likeness (QED) is 0.824. The van der Waals surface area contributed by atoms with Crippen molar-refractivity contribution in [3.05, 3.63) is 46.2 Å². The first-order valence-electron chi connectivity index (χ1n) is 5.37. The summed E-state index contributed by atoms with van der Waals surface area (Å²) in [7, 11) is 0. The molecule has 0 amide bonds. The largest absolute Gasteiger partial charge is 0.332 e. The molecule has 0 radical (unpaired) electrons. The first-order valence-corrected chi connectivity index (χ1v) is 6.53. The number of nitrogens with one attached hydrogen (secondary N) is 2. The Labute approximate surface area is 126 Å². The molecule has 0 fully saturated rings. The molecule has 19 heavy (non-hydrogen) atoms. The van der Waals surface area contributed by atoms with E-state index in [0.717, 1.165) is 5.69 Å². The Balaban J connectivity index is 2.05. The van der Waals surface area contributed by atoms with Crippen LogP contribution in [0.4, 0.5) is 11.6 Å². The molecule has 0 unspecified atom stereocenters. The predicted molar refractivity (Wildman–Crippen MR) is 83.1 cm³/mol. The molecule has 2 aromatic rings. The Kier molecular flexibility index (Phi) is 4.52. The molecule has 1 heterocycles. The molecular weight excluding hydrogens is 303 g/mol. The van der Waals surface area contributed by atoms with E-state index in [1.807, 2.05) is 6.92 Å². The number of aryl methyl sites for hydroxylation is 1. The van der Waals surface area contributed by atoms with Crippen LogP contribution in [0.15, 0.2) is 30.5 Å². The van der Waals surface area contributed by atoms with Crippen molar-refractivity contribution in [3.63, 3.8) is 0 Å². The average molecular weight is 313 g/mol. The van der Waals surface area contributed by atoms with E-state index in [1.165, 1.54) is 0 Å². The molecular formula is C12H10Cl2N4S. The topological polar surface area (TPSA) is 49.8 Å². The van der Waals surface area contributed by atoms with Gasteiger partial charge in [-0.3, -0.25) is 0 Å². The summed E-state index contributed by atoms with van der Waals surface area (Å²) < 4.78 is 0. The van der Waals surface area contributed by atoms with Crippen molar-refractivity contribution in [1.82, 2.24) is 9.97 Å². The van der Waals surface area contributed by atoms with Crippen LogP contribution in [0.3, 0.4) is 0 Å². The number of halogens is 2. The van der Waals surface area contributed by atoms with Crippen molar-refractivity contribution >= 4 is 52.2 Å². The third-order valence-corrected chi connectivity index (χ3v) is 2.78. The van der Waals surface area contributed by atoms with Gasteiger partial charge in [-0.2, -0.15) is 0 Å². The second-order valence-corrected chi connectivity index (χ2v) is 5.04. The van der Waals surface area contributed by atoms with Crippen LogP contribution in [-0.4, -0.2) is 15.1 Å². The van der Waals surface area contributed by atoms with Crippen molar-refractivity contribution in [1.29, 1.82) is 0 Å². The molecule has 0 aliphatic carbocycles. The zero-order valence-electron chi connectivity index (χ0n) is 9.95. The van der Waals surface area contributed by atoms with Crippen molar-refractivity contribution in [2.24, 2.45) is 0 Å². The minimum Gasteiger partial charge on any atom is -0.332 e. The molecule has 98 valence electrons. The lowest BCUT2D eigenvalue weighted by Gasteiger charge is -2.10. The molecule has 1 aromatic carbocycles. The van der Waals surface area contributed by atoms with E-state index in [4.69, 9.17) is 35.4 Å². The standard InChI is InChI=1S/C12H10Cl2N4S/c1-7-2-3-15-11(16-7)18-12(19)17-10-5-8(13)4-9(14)6-10/h2-6H,1H3,(H2,15,16,17,18,19). The van der Waals surface area contributed by atoms with E-state index >= 15 is 0 Å². The zero-order chi connectivity index (χ0) is 13.8. The van der Waals surface area contributed by atoms with Crippen molar-refractivity contribution in [2.75, 3.05) is 10.6 Å². The molecule has 0 saturated carbocycles. The van der Waals surface area contributed by atoms with Crippen molar-refractivity contribution < 1.29 is 0 Å². The maximum absolute atomic E-state index is 5.90. The Morgan fingerprint density at radius 3 is 2.47 bits per heavy atom. The Hall–Kier alpha value is -1.43. The highest BCUT2D eigenvalue weighted by Crippen LogP contribution is 2.22. The number of hydrogen-bond donors (Lipinski definition) is 2. The minimum absolute atomic E-state index is 0.365. The number of rotatable bonds is 2. The molecule has 2 rings (SSSR count). The van der Waals surface area contributed by atoms with E-state index in [-0.39, 0.29) is 0 Å². The van der Waals surface area contributed by atoms with Crippen LogP contribution in [0.2, 0.25) is 10.0 Å². The Bertz CT molecular complexity index is 598. The number of thiocarbonyl (C=S) groups is 1. The summed E-state index contributed by atoms with van der Waals surface area (Å²) >= 11 is 17.0. The van der Waals surface area contributed by atoms with E-state index in [2.05, 4.69) is 20.6 Å². The third-order valence-electron chi connectivity index (χ3n) is 2.14. The van der Waals surface area contributed by atoms with Crippen molar-refractivity contribution in [2.45, 2.75) is 6.92 Å². The molecule has 7 heteroatoms. The summed E-state index contributed by atoms with van der Waals surface area (Å²) in [5.74, 6) is 0.436. The lowest BCUT2D eigenvalue weighted by molar-refractivity contribution is 1.11. The zero-order valence-corrected chi connectivity index (χ0v) is 12.3. The van der Waals surface area contributed by atoms with Gasteiger partial charge in [0, 0.05) is 27.6 Å². The number of hydrogen-bond acceptors (Lipinski definition) is 3. The van der Waals surface area contributed by atoms with Gasteiger partial charge < -0.3 is 10.6 Å². The lowest BCUT2D eigenvalue weighted by atomic mass is 10.3. The van der Waals surface area contributed by atoms with Crippen LogP contribution < -0.4 is 10.6 Å². The van der Waals surface area contributed by atoms with E-state index in [0.29, 0.717) is 26.8 Å². The number of nitrogens with zero attached hydrogens (tertiary/aromatic N) is 2. The molecule has 0 aliphatic rings. The molecule has 0 aliphatic heterocycles. The molecule has 0 spiro atoms. The van der Waals surface area contributed by atoms with Gasteiger partial charge in [-0.1, -0.05) is 23.2 Å². The maximum atomic E-state index is 5.90. The normalized spacial score (nSPS) is 10.1. The summed E-state index contributed by atoms with van der Waals surface area (Å²) in [6.07, 6.45) is 1.66. The van der Waals surface area contributed by atoms with Gasteiger partial charge in [-0.15, -0.1) is 0 Å². The molecule has 0 bridgehead atoms. The molecule has 4 nitrogen and oxygen atoms in total. The monoisotopic (exact) mass is 312 g/mol. The fourth-order valence-corrected chi connectivity index (χ4v) is 2.13. The molecule has 1 aromatic heterocycles. The first kappa shape index (κ1) is 14.0. The number of aromatic nitrogens is 2. The Morgan fingerprint density at radius 2 is 1.84 bits per heavy atom. The highest BCUT2D eigenvalue weighted by atomic mass is 35.5. The van der Waals surface area contributed by atoms with Gasteiger partial charge in [-0.25, -0.2) is 9.97 Å². The van der Waals surface area contributed by atoms with E-state index < -0.39 is 0 Å². The highest BCUT2D eigenvalue weighted by molar-refractivity contribution is 7.80. The van der Waals surface area contributed by atoms with Gasteiger partial charge in [-0.05, 0) is 43.4 Å². The lowest BCUT2D eigenvalue weighted by Crippen LogP contribution is -2.20. The van der Waals surface area contributed by atoms with Gasteiger partial charge in [0.1, 0.15) is 0 Å². The van der Waals surface area contributed by atoms with Crippen molar-refractivity contribution in [3.8, 4) is 0 Å². The van der Waals surface area contributed by atoms with E-state index in [9.17, 15) is 0 Å². The van der Waals surface area contributed by atoms with Crippen LogP contribution >= 0.6 is 35.4 Å². The van der Waals surface area contributed by atoms with E-state index in [1.54, 1.807) is 30.5 Å². The van der Waals surface area contributed by atoms with Gasteiger partial charge in [0.05, 0.1) is 0 Å². The van der Waals surface area contributed by atoms with Gasteiger partial charge in [0.2, 0.25) is 5.95 Å². The van der Waals surface area contributed by atoms with Crippen LogP contribution in [0.1, 0.15) is 5.69 Å². The second-order valence-electron chi connectivity index (χ2n) is 3.76. The average Bonchev–Trinajstić information content (AvgIpc) is 2.26. The number of benzene rings is 1. The molecule has 0 atom stereocenters. The van der Waals surface area contributed by atoms with Crippen LogP contribution in [0.25, 0.3) is 0 Å². The van der Waals surface area contributed by atoms with Crippen LogP contribution in [-0.2, 0) is 0 Å². The minimum atomic E-state index is 0.365. The fraction of sp³-hybridized carbons (Fsp3) is 0.0833. The third kappa shape index (κ3) is 4.31. The molecule has 0 saturated heterocycles. The van der Waals surface area contributed by atoms with Crippen LogP contribution in [0, 0.1) is 6.92 Å². The maximum Gasteiger partial charge on any atom is 0.229 e. The summed E-state index contributed by atoms with van der Waals surface area (Å²) in [5.41, 5.74) is 1.55. The predicted octanol–water partition coefficient (Wildman–Crippen LogP) is 3.90. The summed E-state index contributed by atoms with van der Waals surface area (Å²) in [6, 6.07) is 6.89. The Morgan fingerprint density at radius 1 is 1.16 bits per heavy atom. The number of anilines is 2. The fourth-order valence-electron chi connectivity index (χ4n) is 1.40. The highest BCUT2D eigenvalue weighted by Gasteiger charge is 2.03. The molecule has 2 N–H and O–H groups in total. The van der Waals surface area contributed by atoms with Crippen LogP contribution in [0.5, 0.6) is 0 Å². The summed E-state index contributed by atoms with van der Waals surface area (Å²) in [6.45, 7) is 1.88. The summed E-state index contributed by atoms with van der Waals surface area (Å²) in [5, 5.41) is 7.27. The SMILES string of the molecule is Cc1ccnc(NC(=S)Nc2cc(Cl)cc(Cl)c2)n1. The first-order chi connectivity index (χ1) is 9.02.